The predicted octanol–water partition coefficient (Wildman–Crippen LogP) is 3.24. The number of ether oxygens (including phenoxy) is 1. The number of hydrogen-bond donors (Lipinski definition) is 1. The molecule has 0 aliphatic heterocycles. The van der Waals surface area contributed by atoms with Crippen molar-refractivity contribution in [2.45, 2.75) is 12.6 Å². The first-order valence-corrected chi connectivity index (χ1v) is 6.89. The molecular formula is C17H14F3NO3. The van der Waals surface area contributed by atoms with Gasteiger partial charge in [-0.1, -0.05) is 12.1 Å². The maximum absolute atomic E-state index is 12.5. The molecule has 2 N–H and O–H groups in total. The number of carbonyl (C=O) groups excluding carboxylic acids is 2. The summed E-state index contributed by atoms with van der Waals surface area (Å²) in [4.78, 5) is 23.6. The fourth-order valence-corrected chi connectivity index (χ4v) is 2.17. The highest BCUT2D eigenvalue weighted by atomic mass is 19.4. The zero-order valence-corrected chi connectivity index (χ0v) is 12.7. The van der Waals surface area contributed by atoms with Gasteiger partial charge in [0.05, 0.1) is 18.2 Å². The van der Waals surface area contributed by atoms with Crippen LogP contribution in [0.1, 0.15) is 31.8 Å². The van der Waals surface area contributed by atoms with Gasteiger partial charge in [0, 0.05) is 12.0 Å². The van der Waals surface area contributed by atoms with E-state index in [9.17, 15) is 22.8 Å². The molecule has 0 aliphatic carbocycles. The molecule has 0 spiro atoms. The van der Waals surface area contributed by atoms with E-state index in [2.05, 4.69) is 0 Å². The number of carbonyl (C=O) groups is 2. The van der Waals surface area contributed by atoms with Gasteiger partial charge in [-0.3, -0.25) is 9.59 Å². The molecule has 0 atom stereocenters. The number of nitrogens with two attached hydrogens (primary N) is 1. The van der Waals surface area contributed by atoms with E-state index in [1.54, 1.807) is 0 Å². The number of hydrogen-bond acceptors (Lipinski definition) is 3. The average Bonchev–Trinajstić information content (AvgIpc) is 2.53. The van der Waals surface area contributed by atoms with Crippen molar-refractivity contribution < 1.29 is 27.5 Å². The van der Waals surface area contributed by atoms with Crippen molar-refractivity contribution in [1.29, 1.82) is 0 Å². The molecule has 126 valence electrons. The lowest BCUT2D eigenvalue weighted by atomic mass is 9.99. The Morgan fingerprint density at radius 3 is 2.21 bits per heavy atom. The Balaban J connectivity index is 2.26. The van der Waals surface area contributed by atoms with Crippen LogP contribution in [0, 0.1) is 0 Å². The van der Waals surface area contributed by atoms with Crippen molar-refractivity contribution in [1.82, 2.24) is 0 Å². The standard InChI is InChI=1S/C17H14F3NO3/c1-24-15-7-4-11(16(21)23)9-13(15)14(22)8-10-2-5-12(6-3-10)17(18,19)20/h2-7,9H,8H2,1H3,(H2,21,23). The zero-order valence-electron chi connectivity index (χ0n) is 12.7. The van der Waals surface area contributed by atoms with E-state index in [-0.39, 0.29) is 23.3 Å². The van der Waals surface area contributed by atoms with E-state index < -0.39 is 23.4 Å². The summed E-state index contributed by atoms with van der Waals surface area (Å²) in [5.41, 5.74) is 5.11. The van der Waals surface area contributed by atoms with Crippen LogP contribution in [0.3, 0.4) is 0 Å². The van der Waals surface area contributed by atoms with Crippen molar-refractivity contribution in [2.75, 3.05) is 7.11 Å². The van der Waals surface area contributed by atoms with Crippen molar-refractivity contribution in [3.63, 3.8) is 0 Å². The lowest BCUT2D eigenvalue weighted by Crippen LogP contribution is -2.13. The van der Waals surface area contributed by atoms with Gasteiger partial charge in [-0.05, 0) is 35.9 Å². The van der Waals surface area contributed by atoms with Crippen LogP contribution in [0.25, 0.3) is 0 Å². The molecule has 4 nitrogen and oxygen atoms in total. The first-order chi connectivity index (χ1) is 11.2. The van der Waals surface area contributed by atoms with Gasteiger partial charge in [0.1, 0.15) is 5.75 Å². The van der Waals surface area contributed by atoms with Crippen LogP contribution in [0.2, 0.25) is 0 Å². The fraction of sp³-hybridized carbons (Fsp3) is 0.176. The summed E-state index contributed by atoms with van der Waals surface area (Å²) in [5, 5.41) is 0. The summed E-state index contributed by atoms with van der Waals surface area (Å²) < 4.78 is 42.7. The number of Topliss-reactive ketones (excluding diaryl/α,β-unsaturated/α-hetero) is 1. The van der Waals surface area contributed by atoms with Crippen LogP contribution < -0.4 is 10.5 Å². The first-order valence-electron chi connectivity index (χ1n) is 6.89. The van der Waals surface area contributed by atoms with Crippen LogP contribution in [-0.2, 0) is 12.6 Å². The fourth-order valence-electron chi connectivity index (χ4n) is 2.17. The number of primary amides is 1. The highest BCUT2D eigenvalue weighted by Gasteiger charge is 2.30. The Hall–Kier alpha value is -2.83. The lowest BCUT2D eigenvalue weighted by molar-refractivity contribution is -0.137. The molecule has 2 aromatic rings. The molecule has 2 aromatic carbocycles. The van der Waals surface area contributed by atoms with Gasteiger partial charge in [-0.15, -0.1) is 0 Å². The number of ketones is 1. The summed E-state index contributed by atoms with van der Waals surface area (Å²) in [5.74, 6) is -0.826. The minimum absolute atomic E-state index is 0.128. The molecular weight excluding hydrogens is 323 g/mol. The van der Waals surface area contributed by atoms with Gasteiger partial charge in [0.15, 0.2) is 5.78 Å². The molecule has 2 rings (SSSR count). The molecule has 0 radical (unpaired) electrons. The van der Waals surface area contributed by atoms with E-state index in [0.717, 1.165) is 12.1 Å². The maximum Gasteiger partial charge on any atom is 0.416 e. The smallest absolute Gasteiger partial charge is 0.416 e. The van der Waals surface area contributed by atoms with Crippen LogP contribution in [-0.4, -0.2) is 18.8 Å². The molecule has 0 saturated heterocycles. The highest BCUT2D eigenvalue weighted by molar-refractivity contribution is 6.03. The molecule has 0 aromatic heterocycles. The van der Waals surface area contributed by atoms with Crippen LogP contribution in [0.15, 0.2) is 42.5 Å². The second-order valence-corrected chi connectivity index (χ2v) is 5.07. The van der Waals surface area contributed by atoms with Crippen LogP contribution >= 0.6 is 0 Å². The maximum atomic E-state index is 12.5. The highest BCUT2D eigenvalue weighted by Crippen LogP contribution is 2.29. The Kier molecular flexibility index (Phi) is 4.92. The third kappa shape index (κ3) is 3.92. The number of amides is 1. The average molecular weight is 337 g/mol. The van der Waals surface area contributed by atoms with E-state index in [4.69, 9.17) is 10.5 Å². The Labute approximate surface area is 136 Å². The minimum atomic E-state index is -4.43. The van der Waals surface area contributed by atoms with Crippen molar-refractivity contribution >= 4 is 11.7 Å². The van der Waals surface area contributed by atoms with E-state index >= 15 is 0 Å². The summed E-state index contributed by atoms with van der Waals surface area (Å²) in [6.45, 7) is 0. The largest absolute Gasteiger partial charge is 0.496 e. The molecule has 0 bridgehead atoms. The van der Waals surface area contributed by atoms with Crippen LogP contribution in [0.5, 0.6) is 5.75 Å². The summed E-state index contributed by atoms with van der Waals surface area (Å²) in [7, 11) is 1.37. The normalized spacial score (nSPS) is 11.2. The van der Waals surface area contributed by atoms with E-state index in [0.29, 0.717) is 5.56 Å². The number of halogens is 3. The number of benzene rings is 2. The lowest BCUT2D eigenvalue weighted by Gasteiger charge is -2.10. The Bertz CT molecular complexity index is 768. The van der Waals surface area contributed by atoms with Crippen molar-refractivity contribution in [2.24, 2.45) is 5.73 Å². The second kappa shape index (κ2) is 6.74. The Morgan fingerprint density at radius 1 is 1.08 bits per heavy atom. The Morgan fingerprint density at radius 2 is 1.71 bits per heavy atom. The van der Waals surface area contributed by atoms with Gasteiger partial charge >= 0.3 is 6.18 Å². The third-order valence-electron chi connectivity index (χ3n) is 3.43. The van der Waals surface area contributed by atoms with Gasteiger partial charge < -0.3 is 10.5 Å². The molecule has 0 aliphatic rings. The number of rotatable bonds is 5. The first kappa shape index (κ1) is 17.5. The molecule has 0 unspecified atom stereocenters. The van der Waals surface area contributed by atoms with E-state index in [1.807, 2.05) is 0 Å². The monoisotopic (exact) mass is 337 g/mol. The molecule has 7 heteroatoms. The van der Waals surface area contributed by atoms with Crippen LogP contribution in [0.4, 0.5) is 13.2 Å². The predicted molar refractivity (Wildman–Crippen MR) is 81.0 cm³/mol. The zero-order chi connectivity index (χ0) is 17.9. The van der Waals surface area contributed by atoms with Crippen molar-refractivity contribution in [3.05, 3.63) is 64.7 Å². The second-order valence-electron chi connectivity index (χ2n) is 5.07. The third-order valence-corrected chi connectivity index (χ3v) is 3.43. The van der Waals surface area contributed by atoms with Crippen molar-refractivity contribution in [3.8, 4) is 5.75 Å². The molecule has 0 fully saturated rings. The summed E-state index contributed by atoms with van der Waals surface area (Å²) in [6.07, 6.45) is -4.56. The quantitative estimate of drug-likeness (QED) is 0.852. The molecule has 24 heavy (non-hydrogen) atoms. The summed E-state index contributed by atoms with van der Waals surface area (Å²) in [6, 6.07) is 8.50. The summed E-state index contributed by atoms with van der Waals surface area (Å²) >= 11 is 0. The van der Waals surface area contributed by atoms with Gasteiger partial charge in [-0.2, -0.15) is 13.2 Å². The molecule has 0 heterocycles. The van der Waals surface area contributed by atoms with E-state index in [1.165, 1.54) is 37.4 Å². The van der Waals surface area contributed by atoms with Gasteiger partial charge in [0.25, 0.3) is 0 Å². The molecule has 1 amide bonds. The topological polar surface area (TPSA) is 69.4 Å². The van der Waals surface area contributed by atoms with Gasteiger partial charge in [-0.25, -0.2) is 0 Å². The SMILES string of the molecule is COc1ccc(C(N)=O)cc1C(=O)Cc1ccc(C(F)(F)F)cc1. The number of alkyl halides is 3. The van der Waals surface area contributed by atoms with Gasteiger partial charge in [0.2, 0.25) is 5.91 Å². The molecule has 0 saturated carbocycles. The number of methoxy groups -OCH3 is 1. The minimum Gasteiger partial charge on any atom is -0.496 e.